The number of nitrogens with zero attached hydrogens (tertiary/aromatic N) is 1. The van der Waals surface area contributed by atoms with E-state index in [2.05, 4.69) is 5.32 Å². The van der Waals surface area contributed by atoms with E-state index >= 15 is 0 Å². The highest BCUT2D eigenvalue weighted by Crippen LogP contribution is 2.16. The van der Waals surface area contributed by atoms with E-state index in [-0.39, 0.29) is 18.1 Å². The average molecular weight is 342 g/mol. The van der Waals surface area contributed by atoms with Gasteiger partial charge in [-0.3, -0.25) is 4.79 Å². The molecule has 0 aromatic heterocycles. The van der Waals surface area contributed by atoms with Crippen LogP contribution in [0, 0.1) is 0 Å². The molecule has 8 heteroatoms. The summed E-state index contributed by atoms with van der Waals surface area (Å²) in [5, 5.41) is 2.68. The Morgan fingerprint density at radius 1 is 1.26 bits per heavy atom. The van der Waals surface area contributed by atoms with Crippen molar-refractivity contribution in [2.45, 2.75) is 13.3 Å². The number of sulfonamides is 1. The molecule has 1 fully saturated rings. The topological polar surface area (TPSA) is 84.9 Å². The van der Waals surface area contributed by atoms with Crippen LogP contribution in [0.2, 0.25) is 0 Å². The second-order valence-corrected chi connectivity index (χ2v) is 7.17. The summed E-state index contributed by atoms with van der Waals surface area (Å²) in [5.41, 5.74) is 0.613. The lowest BCUT2D eigenvalue weighted by Gasteiger charge is -2.25. The third-order valence-corrected chi connectivity index (χ3v) is 5.27. The van der Waals surface area contributed by atoms with Crippen LogP contribution in [-0.2, 0) is 19.6 Å². The predicted molar refractivity (Wildman–Crippen MR) is 87.0 cm³/mol. The molecule has 0 bridgehead atoms. The average Bonchev–Trinajstić information content (AvgIpc) is 2.56. The normalized spacial score (nSPS) is 16.0. The summed E-state index contributed by atoms with van der Waals surface area (Å²) < 4.78 is 36.1. The van der Waals surface area contributed by atoms with Crippen LogP contribution in [-0.4, -0.2) is 57.3 Å². The number of hydrogen-bond acceptors (Lipinski definition) is 5. The molecule has 0 spiro atoms. The number of amides is 1. The van der Waals surface area contributed by atoms with Crippen LogP contribution in [0.15, 0.2) is 24.3 Å². The maximum atomic E-state index is 12.1. The summed E-state index contributed by atoms with van der Waals surface area (Å²) in [7, 11) is -3.41. The Labute approximate surface area is 136 Å². The minimum Gasteiger partial charge on any atom is -0.494 e. The third-order valence-electron chi connectivity index (χ3n) is 3.40. The van der Waals surface area contributed by atoms with Crippen molar-refractivity contribution in [3.05, 3.63) is 24.3 Å². The van der Waals surface area contributed by atoms with Gasteiger partial charge in [0.1, 0.15) is 5.75 Å². The lowest BCUT2D eigenvalue weighted by atomic mass is 10.3. The van der Waals surface area contributed by atoms with Gasteiger partial charge in [0.15, 0.2) is 0 Å². The zero-order valence-electron chi connectivity index (χ0n) is 13.2. The molecule has 0 aliphatic carbocycles. The first kappa shape index (κ1) is 17.7. The molecule has 1 aliphatic heterocycles. The molecule has 2 rings (SSSR count). The van der Waals surface area contributed by atoms with Crippen molar-refractivity contribution >= 4 is 21.6 Å². The van der Waals surface area contributed by atoms with E-state index in [9.17, 15) is 13.2 Å². The number of carbonyl (C=O) groups is 1. The smallest absolute Gasteiger partial charge is 0.225 e. The van der Waals surface area contributed by atoms with Crippen molar-refractivity contribution in [2.24, 2.45) is 0 Å². The summed E-state index contributed by atoms with van der Waals surface area (Å²) in [5.74, 6) is 0.196. The molecule has 1 amide bonds. The van der Waals surface area contributed by atoms with Gasteiger partial charge in [0.2, 0.25) is 15.9 Å². The number of anilines is 1. The lowest BCUT2D eigenvalue weighted by molar-refractivity contribution is -0.115. The fourth-order valence-corrected chi connectivity index (χ4v) is 3.61. The zero-order chi connectivity index (χ0) is 16.7. The Morgan fingerprint density at radius 3 is 2.52 bits per heavy atom. The first-order chi connectivity index (χ1) is 11.0. The van der Waals surface area contributed by atoms with Gasteiger partial charge in [-0.15, -0.1) is 0 Å². The van der Waals surface area contributed by atoms with E-state index < -0.39 is 10.0 Å². The highest BCUT2D eigenvalue weighted by molar-refractivity contribution is 7.89. The predicted octanol–water partition coefficient (Wildman–Crippen LogP) is 1.08. The van der Waals surface area contributed by atoms with Gasteiger partial charge in [0, 0.05) is 25.2 Å². The van der Waals surface area contributed by atoms with E-state index in [1.165, 1.54) is 4.31 Å². The van der Waals surface area contributed by atoms with Crippen LogP contribution in [0.25, 0.3) is 0 Å². The van der Waals surface area contributed by atoms with E-state index in [1.807, 2.05) is 6.92 Å². The quantitative estimate of drug-likeness (QED) is 0.801. The molecule has 1 aromatic rings. The summed E-state index contributed by atoms with van der Waals surface area (Å²) in [6.07, 6.45) is -0.0765. The first-order valence-corrected chi connectivity index (χ1v) is 9.20. The van der Waals surface area contributed by atoms with Crippen molar-refractivity contribution < 1.29 is 22.7 Å². The number of hydrogen-bond donors (Lipinski definition) is 1. The number of nitrogens with one attached hydrogen (secondary N) is 1. The maximum Gasteiger partial charge on any atom is 0.225 e. The standard InChI is InChI=1S/C15H22N2O5S/c1-2-22-14-5-3-13(4-6-14)16-15(18)7-12-23(19,20)17-8-10-21-11-9-17/h3-6H,2,7-12H2,1H3,(H,16,18). The van der Waals surface area contributed by atoms with Crippen LogP contribution in [0.3, 0.4) is 0 Å². The minimum absolute atomic E-state index is 0.0765. The SMILES string of the molecule is CCOc1ccc(NC(=O)CCS(=O)(=O)N2CCOCC2)cc1. The first-order valence-electron chi connectivity index (χ1n) is 7.59. The summed E-state index contributed by atoms with van der Waals surface area (Å²) in [4.78, 5) is 11.9. The molecule has 1 heterocycles. The molecule has 0 atom stereocenters. The van der Waals surface area contributed by atoms with Gasteiger partial charge >= 0.3 is 0 Å². The van der Waals surface area contributed by atoms with Gasteiger partial charge in [-0.2, -0.15) is 4.31 Å². The van der Waals surface area contributed by atoms with Gasteiger partial charge in [0.05, 0.1) is 25.6 Å². The van der Waals surface area contributed by atoms with Crippen molar-refractivity contribution in [1.29, 1.82) is 0 Å². The summed E-state index contributed by atoms with van der Waals surface area (Å²) in [6, 6.07) is 6.95. The number of morpholine rings is 1. The molecule has 0 saturated carbocycles. The van der Waals surface area contributed by atoms with E-state index in [0.717, 1.165) is 5.75 Å². The van der Waals surface area contributed by atoms with Crippen LogP contribution >= 0.6 is 0 Å². The van der Waals surface area contributed by atoms with Gasteiger partial charge in [-0.25, -0.2) is 8.42 Å². The Morgan fingerprint density at radius 2 is 1.91 bits per heavy atom. The van der Waals surface area contributed by atoms with E-state index in [0.29, 0.717) is 38.6 Å². The molecular weight excluding hydrogens is 320 g/mol. The number of ether oxygens (including phenoxy) is 2. The minimum atomic E-state index is -3.41. The summed E-state index contributed by atoms with van der Waals surface area (Å²) in [6.45, 7) is 3.97. The summed E-state index contributed by atoms with van der Waals surface area (Å²) >= 11 is 0. The van der Waals surface area contributed by atoms with E-state index in [1.54, 1.807) is 24.3 Å². The molecule has 23 heavy (non-hydrogen) atoms. The van der Waals surface area contributed by atoms with Gasteiger partial charge in [-0.05, 0) is 31.2 Å². The van der Waals surface area contributed by atoms with Gasteiger partial charge in [0.25, 0.3) is 0 Å². The third kappa shape index (κ3) is 5.49. The van der Waals surface area contributed by atoms with Crippen LogP contribution in [0.1, 0.15) is 13.3 Å². The maximum absolute atomic E-state index is 12.1. The molecule has 1 aromatic carbocycles. The Bertz CT molecular complexity index is 609. The molecule has 1 aliphatic rings. The molecule has 1 saturated heterocycles. The molecular formula is C15H22N2O5S. The largest absolute Gasteiger partial charge is 0.494 e. The monoisotopic (exact) mass is 342 g/mol. The molecule has 0 unspecified atom stereocenters. The number of rotatable bonds is 7. The highest BCUT2D eigenvalue weighted by atomic mass is 32.2. The van der Waals surface area contributed by atoms with Crippen LogP contribution in [0.4, 0.5) is 5.69 Å². The molecule has 0 radical (unpaired) electrons. The van der Waals surface area contributed by atoms with Crippen LogP contribution < -0.4 is 10.1 Å². The Kier molecular flexibility index (Phi) is 6.37. The molecule has 7 nitrogen and oxygen atoms in total. The molecule has 1 N–H and O–H groups in total. The van der Waals surface area contributed by atoms with Crippen molar-refractivity contribution in [3.63, 3.8) is 0 Å². The highest BCUT2D eigenvalue weighted by Gasteiger charge is 2.24. The Hall–Kier alpha value is -1.64. The fourth-order valence-electron chi connectivity index (χ4n) is 2.20. The fraction of sp³-hybridized carbons (Fsp3) is 0.533. The van der Waals surface area contributed by atoms with Gasteiger partial charge < -0.3 is 14.8 Å². The molecule has 128 valence electrons. The number of benzene rings is 1. The van der Waals surface area contributed by atoms with Crippen molar-refractivity contribution in [2.75, 3.05) is 44.0 Å². The second-order valence-electron chi connectivity index (χ2n) is 5.08. The number of carbonyl (C=O) groups excluding carboxylic acids is 1. The lowest BCUT2D eigenvalue weighted by Crippen LogP contribution is -2.42. The Balaban J connectivity index is 1.82. The van der Waals surface area contributed by atoms with Gasteiger partial charge in [-0.1, -0.05) is 0 Å². The van der Waals surface area contributed by atoms with Crippen molar-refractivity contribution in [1.82, 2.24) is 4.31 Å². The zero-order valence-corrected chi connectivity index (χ0v) is 14.0. The van der Waals surface area contributed by atoms with Crippen molar-refractivity contribution in [3.8, 4) is 5.75 Å². The van der Waals surface area contributed by atoms with Crippen LogP contribution in [0.5, 0.6) is 5.75 Å². The second kappa shape index (κ2) is 8.28. The van der Waals surface area contributed by atoms with E-state index in [4.69, 9.17) is 9.47 Å².